The molecule has 1 aromatic carbocycles. The minimum absolute atomic E-state index is 0.0255. The molecule has 0 amide bonds. The third kappa shape index (κ3) is 5.28. The lowest BCUT2D eigenvalue weighted by molar-refractivity contribution is 0.602. The molecule has 0 unspecified atom stereocenters. The van der Waals surface area contributed by atoms with Gasteiger partial charge in [-0.2, -0.15) is 0 Å². The second-order valence-electron chi connectivity index (χ2n) is 4.56. The molecule has 0 radical (unpaired) electrons. The number of nitrogens with two attached hydrogens (primary N) is 1. The first kappa shape index (κ1) is 15.7. The molecule has 5 nitrogen and oxygen atoms in total. The number of nitrogens with one attached hydrogen (secondary N) is 1. The smallest absolute Gasteiger partial charge is 0.234 e. The molecule has 3 N–H and O–H groups in total. The summed E-state index contributed by atoms with van der Waals surface area (Å²) in [6.45, 7) is 1.89. The highest BCUT2D eigenvalue weighted by atomic mass is 32.2. The number of hydrogen-bond donors (Lipinski definition) is 2. The Labute approximate surface area is 129 Å². The van der Waals surface area contributed by atoms with Crippen molar-refractivity contribution in [2.24, 2.45) is 0 Å². The third-order valence-electron chi connectivity index (χ3n) is 2.68. The van der Waals surface area contributed by atoms with Crippen molar-refractivity contribution in [3.63, 3.8) is 0 Å². The van der Waals surface area contributed by atoms with Crippen LogP contribution in [0.25, 0.3) is 0 Å². The topological polar surface area (TPSA) is 85.1 Å². The Morgan fingerprint density at radius 3 is 2.62 bits per heavy atom. The molecule has 21 heavy (non-hydrogen) atoms. The molecule has 0 fully saturated rings. The van der Waals surface area contributed by atoms with Crippen LogP contribution < -0.4 is 10.5 Å². The predicted molar refractivity (Wildman–Crippen MR) is 88.0 cm³/mol. The molecular formula is C14H17N3O2S2. The average Bonchev–Trinajstić information content (AvgIpc) is 2.40. The maximum absolute atomic E-state index is 12.0. The average molecular weight is 323 g/mol. The van der Waals surface area contributed by atoms with Crippen molar-refractivity contribution in [2.75, 3.05) is 22.0 Å². The van der Waals surface area contributed by atoms with Gasteiger partial charge in [-0.3, -0.25) is 4.72 Å². The number of nitrogens with zero attached hydrogens (tertiary/aromatic N) is 1. The van der Waals surface area contributed by atoms with Crippen LogP contribution in [0.4, 0.5) is 11.5 Å². The second-order valence-corrected chi connectivity index (χ2v) is 7.57. The first-order valence-corrected chi connectivity index (χ1v) is 9.00. The summed E-state index contributed by atoms with van der Waals surface area (Å²) < 4.78 is 26.4. The fourth-order valence-corrected chi connectivity index (χ4v) is 3.94. The SMILES string of the molecule is Cc1ccnc(NS(=O)(=O)CCSc2ccc(N)cc2)c1. The van der Waals surface area contributed by atoms with Crippen LogP contribution in [-0.4, -0.2) is 24.9 Å². The molecule has 0 saturated carbocycles. The Morgan fingerprint density at radius 2 is 1.95 bits per heavy atom. The summed E-state index contributed by atoms with van der Waals surface area (Å²) >= 11 is 1.47. The molecule has 0 aliphatic heterocycles. The number of pyridine rings is 1. The molecule has 1 heterocycles. The zero-order valence-electron chi connectivity index (χ0n) is 11.6. The van der Waals surface area contributed by atoms with E-state index >= 15 is 0 Å². The largest absolute Gasteiger partial charge is 0.399 e. The highest BCUT2D eigenvalue weighted by Crippen LogP contribution is 2.19. The van der Waals surface area contributed by atoms with E-state index in [0.29, 0.717) is 17.3 Å². The van der Waals surface area contributed by atoms with Crippen molar-refractivity contribution >= 4 is 33.3 Å². The number of nitrogen functional groups attached to an aromatic ring is 1. The molecule has 0 aliphatic carbocycles. The number of aryl methyl sites for hydroxylation is 1. The van der Waals surface area contributed by atoms with E-state index in [9.17, 15) is 8.42 Å². The van der Waals surface area contributed by atoms with Crippen LogP contribution in [0.2, 0.25) is 0 Å². The molecule has 1 aromatic heterocycles. The predicted octanol–water partition coefficient (Wildman–Crippen LogP) is 2.51. The molecule has 7 heteroatoms. The van der Waals surface area contributed by atoms with E-state index in [1.807, 2.05) is 25.1 Å². The molecule has 0 atom stereocenters. The summed E-state index contributed by atoms with van der Waals surface area (Å²) in [6, 6.07) is 10.9. The van der Waals surface area contributed by atoms with Gasteiger partial charge in [-0.1, -0.05) is 0 Å². The molecule has 2 aromatic rings. The first-order chi connectivity index (χ1) is 9.94. The van der Waals surface area contributed by atoms with Crippen LogP contribution in [0.5, 0.6) is 0 Å². The Morgan fingerprint density at radius 1 is 1.24 bits per heavy atom. The molecule has 2 rings (SSSR count). The summed E-state index contributed by atoms with van der Waals surface area (Å²) in [5.74, 6) is 0.843. The van der Waals surface area contributed by atoms with E-state index in [1.54, 1.807) is 24.4 Å². The van der Waals surface area contributed by atoms with Crippen molar-refractivity contribution in [3.8, 4) is 0 Å². The minimum Gasteiger partial charge on any atom is -0.399 e. The number of benzene rings is 1. The Balaban J connectivity index is 1.88. The Hall–Kier alpha value is -1.73. The summed E-state index contributed by atoms with van der Waals surface area (Å²) in [7, 11) is -3.39. The summed E-state index contributed by atoms with van der Waals surface area (Å²) in [6.07, 6.45) is 1.58. The van der Waals surface area contributed by atoms with Crippen LogP contribution >= 0.6 is 11.8 Å². The highest BCUT2D eigenvalue weighted by molar-refractivity contribution is 8.01. The van der Waals surface area contributed by atoms with Crippen molar-refractivity contribution in [3.05, 3.63) is 48.2 Å². The lowest BCUT2D eigenvalue weighted by Gasteiger charge is -2.07. The van der Waals surface area contributed by atoms with Gasteiger partial charge < -0.3 is 5.73 Å². The number of rotatable bonds is 6. The molecule has 0 saturated heterocycles. The standard InChI is InChI=1S/C14H17N3O2S2/c1-11-6-7-16-14(10-11)17-21(18,19)9-8-20-13-4-2-12(15)3-5-13/h2-7,10H,8-9,15H2,1H3,(H,16,17). The van der Waals surface area contributed by atoms with E-state index in [0.717, 1.165) is 10.5 Å². The van der Waals surface area contributed by atoms with Crippen molar-refractivity contribution in [1.82, 2.24) is 4.98 Å². The van der Waals surface area contributed by atoms with E-state index < -0.39 is 10.0 Å². The molecule has 0 aliphatic rings. The summed E-state index contributed by atoms with van der Waals surface area (Å²) in [5, 5.41) is 0. The number of thioether (sulfide) groups is 1. The number of aromatic nitrogens is 1. The molecular weight excluding hydrogens is 306 g/mol. The van der Waals surface area contributed by atoms with E-state index in [1.165, 1.54) is 11.8 Å². The zero-order valence-corrected chi connectivity index (χ0v) is 13.2. The summed E-state index contributed by atoms with van der Waals surface area (Å²) in [5.41, 5.74) is 7.25. The van der Waals surface area contributed by atoms with Gasteiger partial charge in [-0.05, 0) is 48.9 Å². The van der Waals surface area contributed by atoms with Crippen LogP contribution in [0.3, 0.4) is 0 Å². The van der Waals surface area contributed by atoms with Crippen LogP contribution in [0, 0.1) is 6.92 Å². The van der Waals surface area contributed by atoms with Crippen LogP contribution in [-0.2, 0) is 10.0 Å². The van der Waals surface area contributed by atoms with Gasteiger partial charge in [0.15, 0.2) is 0 Å². The Bertz CT molecular complexity index is 700. The third-order valence-corrected chi connectivity index (χ3v) is 5.21. The second kappa shape index (κ2) is 6.82. The first-order valence-electron chi connectivity index (χ1n) is 6.36. The number of sulfonamides is 1. The zero-order chi connectivity index (χ0) is 15.3. The highest BCUT2D eigenvalue weighted by Gasteiger charge is 2.11. The minimum atomic E-state index is -3.39. The van der Waals surface area contributed by atoms with E-state index in [2.05, 4.69) is 9.71 Å². The summed E-state index contributed by atoms with van der Waals surface area (Å²) in [4.78, 5) is 4.98. The van der Waals surface area contributed by atoms with Gasteiger partial charge in [0.25, 0.3) is 0 Å². The van der Waals surface area contributed by atoms with Gasteiger partial charge in [0.2, 0.25) is 10.0 Å². The van der Waals surface area contributed by atoms with E-state index in [-0.39, 0.29) is 5.75 Å². The lowest BCUT2D eigenvalue weighted by atomic mass is 10.3. The van der Waals surface area contributed by atoms with Crippen molar-refractivity contribution in [1.29, 1.82) is 0 Å². The maximum atomic E-state index is 12.0. The maximum Gasteiger partial charge on any atom is 0.234 e. The van der Waals surface area contributed by atoms with Gasteiger partial charge in [0.05, 0.1) is 5.75 Å². The lowest BCUT2D eigenvalue weighted by Crippen LogP contribution is -2.18. The van der Waals surface area contributed by atoms with Gasteiger partial charge in [0, 0.05) is 22.5 Å². The van der Waals surface area contributed by atoms with Crippen LogP contribution in [0.1, 0.15) is 5.56 Å². The molecule has 0 spiro atoms. The fourth-order valence-electron chi connectivity index (χ4n) is 1.64. The molecule has 0 bridgehead atoms. The van der Waals surface area contributed by atoms with E-state index in [4.69, 9.17) is 5.73 Å². The fraction of sp³-hybridized carbons (Fsp3) is 0.214. The van der Waals surface area contributed by atoms with Gasteiger partial charge in [-0.25, -0.2) is 13.4 Å². The normalized spacial score (nSPS) is 11.3. The monoisotopic (exact) mass is 323 g/mol. The molecule has 112 valence electrons. The number of anilines is 2. The van der Waals surface area contributed by atoms with Gasteiger partial charge >= 0.3 is 0 Å². The van der Waals surface area contributed by atoms with Crippen molar-refractivity contribution < 1.29 is 8.42 Å². The van der Waals surface area contributed by atoms with Crippen LogP contribution in [0.15, 0.2) is 47.5 Å². The van der Waals surface area contributed by atoms with Gasteiger partial charge in [-0.15, -0.1) is 11.8 Å². The quantitative estimate of drug-likeness (QED) is 0.630. The number of hydrogen-bond acceptors (Lipinski definition) is 5. The Kier molecular flexibility index (Phi) is 5.08. The van der Waals surface area contributed by atoms with Gasteiger partial charge in [0.1, 0.15) is 5.82 Å². The van der Waals surface area contributed by atoms with Crippen molar-refractivity contribution in [2.45, 2.75) is 11.8 Å².